The third kappa shape index (κ3) is 3.58. The molecular formula is C17H16FN3O4S. The van der Waals surface area contributed by atoms with Crippen molar-refractivity contribution in [1.29, 1.82) is 0 Å². The molecule has 0 atom stereocenters. The summed E-state index contributed by atoms with van der Waals surface area (Å²) in [5.41, 5.74) is 0.750. The molecule has 7 nitrogen and oxygen atoms in total. The lowest BCUT2D eigenvalue weighted by atomic mass is 10.2. The molecule has 0 N–H and O–H groups in total. The molecule has 0 saturated carbocycles. The Bertz CT molecular complexity index is 1010. The van der Waals surface area contributed by atoms with Crippen LogP contribution in [0.2, 0.25) is 0 Å². The van der Waals surface area contributed by atoms with E-state index < -0.39 is 15.8 Å². The summed E-state index contributed by atoms with van der Waals surface area (Å²) < 4.78 is 50.1. The van der Waals surface area contributed by atoms with Crippen LogP contribution >= 0.6 is 0 Å². The van der Waals surface area contributed by atoms with Crippen LogP contribution in [-0.4, -0.2) is 37.0 Å². The molecule has 3 aromatic rings. The van der Waals surface area contributed by atoms with Gasteiger partial charge in [0.2, 0.25) is 21.7 Å². The number of methoxy groups -OCH3 is 1. The fraction of sp³-hybridized carbons (Fsp3) is 0.176. The SMILES string of the molecule is COc1ccc(F)cc1S(=O)(=O)N(C)Cc1nc(-c2ccccc2)no1. The molecule has 0 aliphatic rings. The van der Waals surface area contributed by atoms with E-state index in [4.69, 9.17) is 9.26 Å². The Kier molecular flexibility index (Phi) is 5.01. The number of sulfonamides is 1. The maximum absolute atomic E-state index is 13.5. The number of halogens is 1. The average Bonchev–Trinajstić information content (AvgIpc) is 3.11. The fourth-order valence-electron chi connectivity index (χ4n) is 2.32. The highest BCUT2D eigenvalue weighted by Gasteiger charge is 2.27. The van der Waals surface area contributed by atoms with Crippen LogP contribution in [0.5, 0.6) is 5.75 Å². The summed E-state index contributed by atoms with van der Waals surface area (Å²) in [6.45, 7) is -0.165. The smallest absolute Gasteiger partial charge is 0.247 e. The van der Waals surface area contributed by atoms with Gasteiger partial charge in [0.15, 0.2) is 0 Å². The highest BCUT2D eigenvalue weighted by atomic mass is 32.2. The van der Waals surface area contributed by atoms with E-state index >= 15 is 0 Å². The number of ether oxygens (including phenoxy) is 1. The van der Waals surface area contributed by atoms with E-state index in [2.05, 4.69) is 10.1 Å². The molecule has 1 aromatic heterocycles. The summed E-state index contributed by atoms with van der Waals surface area (Å²) >= 11 is 0. The van der Waals surface area contributed by atoms with Gasteiger partial charge in [-0.3, -0.25) is 0 Å². The first-order valence-electron chi connectivity index (χ1n) is 7.59. The van der Waals surface area contributed by atoms with Crippen molar-refractivity contribution in [2.24, 2.45) is 0 Å². The first-order chi connectivity index (χ1) is 12.4. The fourth-order valence-corrected chi connectivity index (χ4v) is 3.60. The van der Waals surface area contributed by atoms with E-state index in [-0.39, 0.29) is 23.1 Å². The zero-order valence-electron chi connectivity index (χ0n) is 14.1. The van der Waals surface area contributed by atoms with Gasteiger partial charge in [0.25, 0.3) is 0 Å². The Hall–Kier alpha value is -2.78. The minimum Gasteiger partial charge on any atom is -0.495 e. The van der Waals surface area contributed by atoms with Gasteiger partial charge < -0.3 is 9.26 Å². The standard InChI is InChI=1S/C17H16FN3O4S/c1-21(26(22,23)15-10-13(18)8-9-14(15)24-2)11-16-19-17(20-25-16)12-6-4-3-5-7-12/h3-10H,11H2,1-2H3. The molecule has 0 radical (unpaired) electrons. The van der Waals surface area contributed by atoms with Crippen molar-refractivity contribution in [3.8, 4) is 17.1 Å². The second-order valence-corrected chi connectivity index (χ2v) is 7.45. The first kappa shape index (κ1) is 18.0. The van der Waals surface area contributed by atoms with Crippen molar-refractivity contribution in [2.45, 2.75) is 11.4 Å². The average molecular weight is 377 g/mol. The molecule has 0 aliphatic carbocycles. The summed E-state index contributed by atoms with van der Waals surface area (Å²) in [6.07, 6.45) is 0. The monoisotopic (exact) mass is 377 g/mol. The highest BCUT2D eigenvalue weighted by Crippen LogP contribution is 2.27. The molecule has 3 rings (SSSR count). The molecule has 2 aromatic carbocycles. The van der Waals surface area contributed by atoms with E-state index in [1.807, 2.05) is 30.3 Å². The van der Waals surface area contributed by atoms with E-state index in [9.17, 15) is 12.8 Å². The van der Waals surface area contributed by atoms with Crippen LogP contribution in [0.4, 0.5) is 4.39 Å². The third-order valence-corrected chi connectivity index (χ3v) is 5.50. The van der Waals surface area contributed by atoms with Crippen molar-refractivity contribution in [1.82, 2.24) is 14.4 Å². The van der Waals surface area contributed by atoms with Crippen molar-refractivity contribution in [3.63, 3.8) is 0 Å². The molecule has 0 bridgehead atoms. The Balaban J connectivity index is 1.85. The van der Waals surface area contributed by atoms with Crippen molar-refractivity contribution in [3.05, 3.63) is 60.2 Å². The van der Waals surface area contributed by atoms with Crippen LogP contribution < -0.4 is 4.74 Å². The number of rotatable bonds is 6. The van der Waals surface area contributed by atoms with Gasteiger partial charge in [0.1, 0.15) is 16.5 Å². The van der Waals surface area contributed by atoms with E-state index in [0.717, 1.165) is 22.0 Å². The van der Waals surface area contributed by atoms with Crippen molar-refractivity contribution < 1.29 is 22.1 Å². The molecule has 0 amide bonds. The minimum absolute atomic E-state index is 0.0498. The zero-order valence-corrected chi connectivity index (χ0v) is 14.9. The van der Waals surface area contributed by atoms with Gasteiger partial charge in [-0.25, -0.2) is 12.8 Å². The predicted molar refractivity (Wildman–Crippen MR) is 91.3 cm³/mol. The molecule has 1 heterocycles. The summed E-state index contributed by atoms with van der Waals surface area (Å²) in [7, 11) is -1.36. The van der Waals surface area contributed by atoms with E-state index in [1.165, 1.54) is 20.2 Å². The molecule has 0 aliphatic heterocycles. The maximum atomic E-state index is 13.5. The van der Waals surface area contributed by atoms with Crippen LogP contribution in [0.15, 0.2) is 57.9 Å². The van der Waals surface area contributed by atoms with Gasteiger partial charge in [0.05, 0.1) is 13.7 Å². The van der Waals surface area contributed by atoms with E-state index in [0.29, 0.717) is 5.82 Å². The summed E-state index contributed by atoms with van der Waals surface area (Å²) in [6, 6.07) is 12.4. The van der Waals surface area contributed by atoms with Gasteiger partial charge in [0, 0.05) is 12.6 Å². The molecule has 136 valence electrons. The molecule has 0 saturated heterocycles. The molecule has 0 spiro atoms. The number of benzene rings is 2. The van der Waals surface area contributed by atoms with Crippen LogP contribution in [0.25, 0.3) is 11.4 Å². The van der Waals surface area contributed by atoms with Gasteiger partial charge in [-0.2, -0.15) is 9.29 Å². The van der Waals surface area contributed by atoms with Crippen LogP contribution in [0.3, 0.4) is 0 Å². The second-order valence-electron chi connectivity index (χ2n) is 5.43. The summed E-state index contributed by atoms with van der Waals surface area (Å²) in [5.74, 6) is -0.157. The lowest BCUT2D eigenvalue weighted by Crippen LogP contribution is -2.27. The maximum Gasteiger partial charge on any atom is 0.247 e. The molecule has 9 heteroatoms. The molecule has 26 heavy (non-hydrogen) atoms. The van der Waals surface area contributed by atoms with Gasteiger partial charge in [-0.1, -0.05) is 35.5 Å². The summed E-state index contributed by atoms with van der Waals surface area (Å²) in [4.78, 5) is 3.93. The van der Waals surface area contributed by atoms with E-state index in [1.54, 1.807) is 0 Å². The second kappa shape index (κ2) is 7.22. The van der Waals surface area contributed by atoms with Gasteiger partial charge in [-0.15, -0.1) is 0 Å². The minimum atomic E-state index is -4.02. The number of aromatic nitrogens is 2. The highest BCUT2D eigenvalue weighted by molar-refractivity contribution is 7.89. The summed E-state index contributed by atoms with van der Waals surface area (Å²) in [5, 5.41) is 3.85. The lowest BCUT2D eigenvalue weighted by molar-refractivity contribution is 0.335. The topological polar surface area (TPSA) is 85.5 Å². The zero-order chi connectivity index (χ0) is 18.7. The predicted octanol–water partition coefficient (Wildman–Crippen LogP) is 2.71. The number of nitrogens with zero attached hydrogens (tertiary/aromatic N) is 3. The Morgan fingerprint density at radius 1 is 1.19 bits per heavy atom. The largest absolute Gasteiger partial charge is 0.495 e. The van der Waals surface area contributed by atoms with Crippen molar-refractivity contribution in [2.75, 3.05) is 14.2 Å². The third-order valence-electron chi connectivity index (χ3n) is 3.67. The quantitative estimate of drug-likeness (QED) is 0.657. The Labute approximate surface area is 150 Å². The van der Waals surface area contributed by atoms with Crippen molar-refractivity contribution >= 4 is 10.0 Å². The lowest BCUT2D eigenvalue weighted by Gasteiger charge is -2.17. The van der Waals surface area contributed by atoms with Crippen LogP contribution in [-0.2, 0) is 16.6 Å². The Morgan fingerprint density at radius 2 is 1.92 bits per heavy atom. The molecule has 0 unspecified atom stereocenters. The number of hydrogen-bond acceptors (Lipinski definition) is 6. The van der Waals surface area contributed by atoms with Gasteiger partial charge >= 0.3 is 0 Å². The van der Waals surface area contributed by atoms with Gasteiger partial charge in [-0.05, 0) is 18.2 Å². The normalized spacial score (nSPS) is 11.7. The first-order valence-corrected chi connectivity index (χ1v) is 9.03. The number of hydrogen-bond donors (Lipinski definition) is 0. The molecule has 0 fully saturated rings. The molecular weight excluding hydrogens is 361 g/mol. The van der Waals surface area contributed by atoms with Crippen LogP contribution in [0, 0.1) is 5.82 Å². The Morgan fingerprint density at radius 3 is 2.62 bits per heavy atom. The van der Waals surface area contributed by atoms with Crippen LogP contribution in [0.1, 0.15) is 5.89 Å².